The number of nitrogens with zero attached hydrogens (tertiary/aromatic N) is 1. The lowest BCUT2D eigenvalue weighted by molar-refractivity contribution is 0.0953. The predicted molar refractivity (Wildman–Crippen MR) is 100 cm³/mol. The van der Waals surface area contributed by atoms with E-state index in [2.05, 4.69) is 27.2 Å². The molecule has 0 aliphatic heterocycles. The van der Waals surface area contributed by atoms with Gasteiger partial charge in [0, 0.05) is 32.2 Å². The first-order valence-electron chi connectivity index (χ1n) is 8.04. The van der Waals surface area contributed by atoms with Crippen molar-refractivity contribution in [1.29, 1.82) is 0 Å². The molecule has 5 nitrogen and oxygen atoms in total. The molecule has 0 radical (unpaired) electrons. The fourth-order valence-electron chi connectivity index (χ4n) is 1.99. The lowest BCUT2D eigenvalue weighted by atomic mass is 10.2. The lowest BCUT2D eigenvalue weighted by Gasteiger charge is -2.12. The zero-order chi connectivity index (χ0) is 16.8. The summed E-state index contributed by atoms with van der Waals surface area (Å²) in [5, 5.41) is 9.47. The highest BCUT2D eigenvalue weighted by Gasteiger charge is 2.03. The van der Waals surface area contributed by atoms with E-state index in [0.29, 0.717) is 12.1 Å². The highest BCUT2D eigenvalue weighted by molar-refractivity contribution is 7.98. The molecular weight excluding hydrogens is 308 g/mol. The molecule has 0 unspecified atom stereocenters. The summed E-state index contributed by atoms with van der Waals surface area (Å²) >= 11 is 1.88. The predicted octanol–water partition coefficient (Wildman–Crippen LogP) is 2.11. The number of benzene rings is 1. The van der Waals surface area contributed by atoms with Crippen LogP contribution in [-0.4, -0.2) is 50.6 Å². The van der Waals surface area contributed by atoms with E-state index in [-0.39, 0.29) is 5.91 Å². The second-order valence-electron chi connectivity index (χ2n) is 5.10. The Hall–Kier alpha value is -1.69. The van der Waals surface area contributed by atoms with Gasteiger partial charge in [-0.15, -0.1) is 0 Å². The monoisotopic (exact) mass is 336 g/mol. The maximum absolute atomic E-state index is 11.9. The average molecular weight is 337 g/mol. The van der Waals surface area contributed by atoms with Crippen LogP contribution < -0.4 is 16.0 Å². The molecule has 3 N–H and O–H groups in total. The van der Waals surface area contributed by atoms with Crippen LogP contribution in [0.1, 0.15) is 29.6 Å². The highest BCUT2D eigenvalue weighted by Crippen LogP contribution is 1.98. The number of hydrogen-bond donors (Lipinski definition) is 3. The highest BCUT2D eigenvalue weighted by atomic mass is 32.2. The third-order valence-corrected chi connectivity index (χ3v) is 3.96. The second-order valence-corrected chi connectivity index (χ2v) is 6.09. The second kappa shape index (κ2) is 12.8. The van der Waals surface area contributed by atoms with Crippen molar-refractivity contribution in [2.45, 2.75) is 19.3 Å². The van der Waals surface area contributed by atoms with Crippen LogP contribution in [0.25, 0.3) is 0 Å². The van der Waals surface area contributed by atoms with Gasteiger partial charge in [-0.1, -0.05) is 18.2 Å². The molecular formula is C17H28N4OS. The first kappa shape index (κ1) is 19.4. The summed E-state index contributed by atoms with van der Waals surface area (Å²) < 4.78 is 0. The molecule has 0 heterocycles. The number of carbonyl (C=O) groups is 1. The number of rotatable bonds is 10. The van der Waals surface area contributed by atoms with E-state index < -0.39 is 0 Å². The van der Waals surface area contributed by atoms with Gasteiger partial charge in [-0.3, -0.25) is 9.79 Å². The lowest BCUT2D eigenvalue weighted by Crippen LogP contribution is -2.39. The molecule has 0 aliphatic rings. The molecule has 1 amide bonds. The van der Waals surface area contributed by atoms with Crippen molar-refractivity contribution in [2.75, 3.05) is 38.7 Å². The Bertz CT molecular complexity index is 465. The molecule has 0 aliphatic carbocycles. The van der Waals surface area contributed by atoms with Crippen LogP contribution in [-0.2, 0) is 0 Å². The van der Waals surface area contributed by atoms with Crippen molar-refractivity contribution in [3.8, 4) is 0 Å². The number of carbonyl (C=O) groups excluding carboxylic acids is 1. The summed E-state index contributed by atoms with van der Waals surface area (Å²) in [5.41, 5.74) is 0.697. The van der Waals surface area contributed by atoms with E-state index >= 15 is 0 Å². The van der Waals surface area contributed by atoms with Gasteiger partial charge in [0.2, 0.25) is 0 Å². The minimum absolute atomic E-state index is 0.0260. The molecule has 0 spiro atoms. The van der Waals surface area contributed by atoms with Gasteiger partial charge in [-0.25, -0.2) is 0 Å². The van der Waals surface area contributed by atoms with E-state index in [9.17, 15) is 4.79 Å². The van der Waals surface area contributed by atoms with Crippen LogP contribution in [0.4, 0.5) is 0 Å². The van der Waals surface area contributed by atoms with Crippen LogP contribution in [0.3, 0.4) is 0 Å². The first-order chi connectivity index (χ1) is 11.3. The molecule has 0 atom stereocenters. The summed E-state index contributed by atoms with van der Waals surface area (Å²) in [4.78, 5) is 16.0. The Kier molecular flexibility index (Phi) is 10.8. The molecule has 1 rings (SSSR count). The van der Waals surface area contributed by atoms with Gasteiger partial charge in [0.1, 0.15) is 0 Å². The number of unbranched alkanes of at least 4 members (excludes halogenated alkanes) is 1. The Morgan fingerprint density at radius 1 is 1.00 bits per heavy atom. The zero-order valence-corrected chi connectivity index (χ0v) is 14.9. The molecule has 1 aromatic rings. The van der Waals surface area contributed by atoms with Crippen molar-refractivity contribution < 1.29 is 4.79 Å². The number of thioether (sulfide) groups is 1. The maximum Gasteiger partial charge on any atom is 0.251 e. The third kappa shape index (κ3) is 9.13. The zero-order valence-electron chi connectivity index (χ0n) is 14.1. The number of nitrogens with one attached hydrogen (secondary N) is 3. The first-order valence-corrected chi connectivity index (χ1v) is 9.44. The molecule has 6 heteroatoms. The van der Waals surface area contributed by atoms with Gasteiger partial charge in [0.05, 0.1) is 0 Å². The van der Waals surface area contributed by atoms with Crippen LogP contribution in [0.2, 0.25) is 0 Å². The van der Waals surface area contributed by atoms with Gasteiger partial charge < -0.3 is 16.0 Å². The minimum atomic E-state index is -0.0260. The smallest absolute Gasteiger partial charge is 0.251 e. The maximum atomic E-state index is 11.9. The van der Waals surface area contributed by atoms with E-state index in [1.807, 2.05) is 42.1 Å². The number of aliphatic imine (C=N–C) groups is 1. The normalized spacial score (nSPS) is 11.1. The van der Waals surface area contributed by atoms with E-state index in [0.717, 1.165) is 31.9 Å². The molecule has 1 aromatic carbocycles. The van der Waals surface area contributed by atoms with Gasteiger partial charge in [0.25, 0.3) is 5.91 Å². The SMILES string of the molecule is CN=C(NCCCCSC)NCCCNC(=O)c1ccccc1. The van der Waals surface area contributed by atoms with E-state index in [1.54, 1.807) is 7.05 Å². The summed E-state index contributed by atoms with van der Waals surface area (Å²) in [6.45, 7) is 2.36. The molecule has 0 saturated heterocycles. The summed E-state index contributed by atoms with van der Waals surface area (Å²) in [5.74, 6) is 2.00. The quantitative estimate of drug-likeness (QED) is 0.348. The van der Waals surface area contributed by atoms with E-state index in [4.69, 9.17) is 0 Å². The van der Waals surface area contributed by atoms with Crippen molar-refractivity contribution >= 4 is 23.6 Å². The third-order valence-electron chi connectivity index (χ3n) is 3.26. The Balaban J connectivity index is 2.07. The molecule has 0 fully saturated rings. The largest absolute Gasteiger partial charge is 0.356 e. The van der Waals surface area contributed by atoms with Crippen molar-refractivity contribution in [3.05, 3.63) is 35.9 Å². The van der Waals surface area contributed by atoms with Crippen molar-refractivity contribution in [2.24, 2.45) is 4.99 Å². The fourth-order valence-corrected chi connectivity index (χ4v) is 2.48. The number of guanidine groups is 1. The van der Waals surface area contributed by atoms with Crippen molar-refractivity contribution in [3.63, 3.8) is 0 Å². The Morgan fingerprint density at radius 3 is 2.30 bits per heavy atom. The summed E-state index contributed by atoms with van der Waals surface area (Å²) in [7, 11) is 1.77. The summed E-state index contributed by atoms with van der Waals surface area (Å²) in [6, 6.07) is 9.27. The van der Waals surface area contributed by atoms with Crippen LogP contribution in [0.5, 0.6) is 0 Å². The molecule has 23 heavy (non-hydrogen) atoms. The number of amides is 1. The van der Waals surface area contributed by atoms with Gasteiger partial charge in [-0.2, -0.15) is 11.8 Å². The topological polar surface area (TPSA) is 65.5 Å². The van der Waals surface area contributed by atoms with Crippen LogP contribution in [0.15, 0.2) is 35.3 Å². The Labute approximate surface area is 143 Å². The van der Waals surface area contributed by atoms with Gasteiger partial charge >= 0.3 is 0 Å². The molecule has 128 valence electrons. The average Bonchev–Trinajstić information content (AvgIpc) is 2.60. The Morgan fingerprint density at radius 2 is 1.65 bits per heavy atom. The van der Waals surface area contributed by atoms with Gasteiger partial charge in [-0.05, 0) is 43.4 Å². The van der Waals surface area contributed by atoms with Crippen LogP contribution in [0, 0.1) is 0 Å². The van der Waals surface area contributed by atoms with Gasteiger partial charge in [0.15, 0.2) is 5.96 Å². The minimum Gasteiger partial charge on any atom is -0.356 e. The standard InChI is InChI=1S/C17H28N4OS/c1-18-17(20-11-6-7-14-23-2)21-13-8-12-19-16(22)15-9-4-3-5-10-15/h3-5,9-10H,6-8,11-14H2,1-2H3,(H,19,22)(H2,18,20,21). The van der Waals surface area contributed by atoms with Crippen molar-refractivity contribution in [1.82, 2.24) is 16.0 Å². The number of hydrogen-bond acceptors (Lipinski definition) is 3. The molecule has 0 bridgehead atoms. The summed E-state index contributed by atoms with van der Waals surface area (Å²) in [6.07, 6.45) is 5.35. The molecule has 0 aromatic heterocycles. The van der Waals surface area contributed by atoms with Crippen LogP contribution >= 0.6 is 11.8 Å². The fraction of sp³-hybridized carbons (Fsp3) is 0.529. The molecule has 0 saturated carbocycles. The van der Waals surface area contributed by atoms with E-state index in [1.165, 1.54) is 12.2 Å².